The van der Waals surface area contributed by atoms with Crippen LogP contribution in [0.4, 0.5) is 0 Å². The molecule has 0 aliphatic rings. The Balaban J connectivity index is 2.49. The zero-order chi connectivity index (χ0) is 12.4. The first-order valence-electron chi connectivity index (χ1n) is 5.87. The maximum Gasteiger partial charge on any atom is 0.140 e. The molecule has 0 atom stereocenters. The van der Waals surface area contributed by atoms with Gasteiger partial charge in [0.15, 0.2) is 0 Å². The number of hydrogen-bond acceptors (Lipinski definition) is 2. The van der Waals surface area contributed by atoms with E-state index in [1.165, 1.54) is 16.8 Å². The molecule has 0 amide bonds. The van der Waals surface area contributed by atoms with E-state index >= 15 is 0 Å². The van der Waals surface area contributed by atoms with Crippen LogP contribution in [-0.4, -0.2) is 16.6 Å². The van der Waals surface area contributed by atoms with E-state index in [1.54, 1.807) is 0 Å². The Labute approximate surface area is 103 Å². The van der Waals surface area contributed by atoms with Gasteiger partial charge in [0.05, 0.1) is 5.69 Å². The van der Waals surface area contributed by atoms with Crippen molar-refractivity contribution in [1.82, 2.24) is 14.9 Å². The molecule has 0 radical (unpaired) electrons. The van der Waals surface area contributed by atoms with Crippen LogP contribution in [0.5, 0.6) is 0 Å². The van der Waals surface area contributed by atoms with Crippen molar-refractivity contribution in [3.05, 3.63) is 41.2 Å². The smallest absolute Gasteiger partial charge is 0.140 e. The van der Waals surface area contributed by atoms with E-state index in [0.717, 1.165) is 18.1 Å². The summed E-state index contributed by atoms with van der Waals surface area (Å²) in [6.45, 7) is 5.03. The molecule has 0 unspecified atom stereocenters. The molecule has 3 nitrogen and oxygen atoms in total. The Morgan fingerprint density at radius 3 is 2.71 bits per heavy atom. The van der Waals surface area contributed by atoms with Crippen molar-refractivity contribution in [3.8, 4) is 11.4 Å². The predicted octanol–water partition coefficient (Wildman–Crippen LogP) is 2.42. The van der Waals surface area contributed by atoms with Gasteiger partial charge >= 0.3 is 0 Å². The normalized spacial score (nSPS) is 10.8. The Morgan fingerprint density at radius 1 is 1.29 bits per heavy atom. The highest BCUT2D eigenvalue weighted by atomic mass is 15.1. The van der Waals surface area contributed by atoms with Gasteiger partial charge in [-0.3, -0.25) is 0 Å². The topological polar surface area (TPSA) is 29.9 Å². The highest BCUT2D eigenvalue weighted by molar-refractivity contribution is 5.58. The van der Waals surface area contributed by atoms with Crippen LogP contribution in [0.1, 0.15) is 17.0 Å². The Kier molecular flexibility index (Phi) is 3.29. The van der Waals surface area contributed by atoms with E-state index in [-0.39, 0.29) is 0 Å². The monoisotopic (exact) mass is 229 g/mol. The van der Waals surface area contributed by atoms with Crippen molar-refractivity contribution < 1.29 is 0 Å². The van der Waals surface area contributed by atoms with Crippen molar-refractivity contribution in [2.75, 3.05) is 7.05 Å². The number of imidazole rings is 1. The molecule has 3 heteroatoms. The lowest BCUT2D eigenvalue weighted by Crippen LogP contribution is -2.07. The second kappa shape index (κ2) is 4.72. The molecule has 0 fully saturated rings. The van der Waals surface area contributed by atoms with E-state index in [9.17, 15) is 0 Å². The fourth-order valence-corrected chi connectivity index (χ4v) is 2.01. The quantitative estimate of drug-likeness (QED) is 0.876. The summed E-state index contributed by atoms with van der Waals surface area (Å²) in [5.74, 6) is 1.04. The summed E-state index contributed by atoms with van der Waals surface area (Å²) >= 11 is 0. The molecular formula is C14H19N3. The van der Waals surface area contributed by atoms with Crippen LogP contribution in [0.3, 0.4) is 0 Å². The second-order valence-electron chi connectivity index (χ2n) is 4.43. The van der Waals surface area contributed by atoms with Gasteiger partial charge in [0.2, 0.25) is 0 Å². The number of aryl methyl sites for hydroxylation is 1. The minimum Gasteiger partial charge on any atom is -0.331 e. The van der Waals surface area contributed by atoms with Crippen molar-refractivity contribution in [2.45, 2.75) is 20.4 Å². The fraction of sp³-hybridized carbons (Fsp3) is 0.357. The van der Waals surface area contributed by atoms with Crippen LogP contribution in [0, 0.1) is 13.8 Å². The summed E-state index contributed by atoms with van der Waals surface area (Å²) in [4.78, 5) is 4.71. The summed E-state index contributed by atoms with van der Waals surface area (Å²) in [5, 5.41) is 3.15. The lowest BCUT2D eigenvalue weighted by molar-refractivity contribution is 0.783. The molecule has 1 N–H and O–H groups in total. The van der Waals surface area contributed by atoms with Gasteiger partial charge in [0, 0.05) is 24.8 Å². The summed E-state index contributed by atoms with van der Waals surface area (Å²) < 4.78 is 2.15. The van der Waals surface area contributed by atoms with Crippen LogP contribution < -0.4 is 5.32 Å². The number of aromatic nitrogens is 2. The lowest BCUT2D eigenvalue weighted by Gasteiger charge is -2.03. The molecule has 1 aromatic heterocycles. The van der Waals surface area contributed by atoms with Crippen molar-refractivity contribution in [2.24, 2.45) is 7.05 Å². The van der Waals surface area contributed by atoms with Gasteiger partial charge in [-0.25, -0.2) is 4.98 Å². The van der Waals surface area contributed by atoms with Crippen molar-refractivity contribution in [1.29, 1.82) is 0 Å². The number of benzene rings is 1. The van der Waals surface area contributed by atoms with Crippen LogP contribution in [-0.2, 0) is 13.6 Å². The van der Waals surface area contributed by atoms with Gasteiger partial charge in [-0.2, -0.15) is 0 Å². The van der Waals surface area contributed by atoms with Crippen LogP contribution in [0.15, 0.2) is 24.3 Å². The number of rotatable bonds is 3. The molecule has 1 heterocycles. The Bertz CT molecular complexity index is 526. The molecule has 0 aliphatic heterocycles. The summed E-state index contributed by atoms with van der Waals surface area (Å²) in [6, 6.07) is 8.46. The molecule has 0 saturated heterocycles. The zero-order valence-electron chi connectivity index (χ0n) is 10.9. The molecular weight excluding hydrogens is 210 g/mol. The summed E-state index contributed by atoms with van der Waals surface area (Å²) in [7, 11) is 4.01. The summed E-state index contributed by atoms with van der Waals surface area (Å²) in [5.41, 5.74) is 4.78. The Hall–Kier alpha value is -1.61. The lowest BCUT2D eigenvalue weighted by atomic mass is 10.1. The third-order valence-electron chi connectivity index (χ3n) is 3.10. The summed E-state index contributed by atoms with van der Waals surface area (Å²) in [6.07, 6.45) is 0. The first-order valence-corrected chi connectivity index (χ1v) is 5.87. The van der Waals surface area contributed by atoms with Crippen molar-refractivity contribution in [3.63, 3.8) is 0 Å². The van der Waals surface area contributed by atoms with Crippen LogP contribution >= 0.6 is 0 Å². The molecule has 0 aliphatic carbocycles. The molecule has 1 aromatic carbocycles. The van der Waals surface area contributed by atoms with E-state index in [1.807, 2.05) is 7.05 Å². The van der Waals surface area contributed by atoms with Gasteiger partial charge < -0.3 is 9.88 Å². The zero-order valence-corrected chi connectivity index (χ0v) is 10.9. The molecule has 0 bridgehead atoms. The highest BCUT2D eigenvalue weighted by Gasteiger charge is 2.11. The average molecular weight is 229 g/mol. The number of hydrogen-bond donors (Lipinski definition) is 1. The van der Waals surface area contributed by atoms with Crippen LogP contribution in [0.2, 0.25) is 0 Å². The van der Waals surface area contributed by atoms with Gasteiger partial charge in [0.25, 0.3) is 0 Å². The minimum atomic E-state index is 0.811. The first kappa shape index (κ1) is 11.9. The van der Waals surface area contributed by atoms with Gasteiger partial charge in [-0.1, -0.05) is 23.8 Å². The molecule has 2 aromatic rings. The average Bonchev–Trinajstić information content (AvgIpc) is 2.58. The fourth-order valence-electron chi connectivity index (χ4n) is 2.01. The van der Waals surface area contributed by atoms with E-state index in [4.69, 9.17) is 4.98 Å². The third-order valence-corrected chi connectivity index (χ3v) is 3.10. The van der Waals surface area contributed by atoms with Gasteiger partial charge in [0.1, 0.15) is 5.82 Å². The second-order valence-corrected chi connectivity index (χ2v) is 4.43. The predicted molar refractivity (Wildman–Crippen MR) is 70.9 cm³/mol. The van der Waals surface area contributed by atoms with Gasteiger partial charge in [-0.05, 0) is 27.0 Å². The largest absolute Gasteiger partial charge is 0.331 e. The molecule has 17 heavy (non-hydrogen) atoms. The Morgan fingerprint density at radius 2 is 2.06 bits per heavy atom. The van der Waals surface area contributed by atoms with E-state index in [0.29, 0.717) is 0 Å². The van der Waals surface area contributed by atoms with Crippen molar-refractivity contribution >= 4 is 0 Å². The number of nitrogens with zero attached hydrogens (tertiary/aromatic N) is 2. The maximum atomic E-state index is 4.71. The molecule has 90 valence electrons. The van der Waals surface area contributed by atoms with Gasteiger partial charge in [-0.15, -0.1) is 0 Å². The SMILES string of the molecule is CNCc1nc(-c2cccc(C)c2)n(C)c1C. The molecule has 0 spiro atoms. The molecule has 2 rings (SSSR count). The first-order chi connectivity index (χ1) is 8.13. The highest BCUT2D eigenvalue weighted by Crippen LogP contribution is 2.21. The maximum absolute atomic E-state index is 4.71. The third kappa shape index (κ3) is 2.24. The van der Waals surface area contributed by atoms with E-state index in [2.05, 4.69) is 55.0 Å². The van der Waals surface area contributed by atoms with Crippen LogP contribution in [0.25, 0.3) is 11.4 Å². The minimum absolute atomic E-state index is 0.811. The molecule has 0 saturated carbocycles. The van der Waals surface area contributed by atoms with E-state index < -0.39 is 0 Å². The number of nitrogens with one attached hydrogen (secondary N) is 1. The standard InChI is InChI=1S/C14H19N3/c1-10-6-5-7-12(8-10)14-16-13(9-15-3)11(2)17(14)4/h5-8,15H,9H2,1-4H3.